The van der Waals surface area contributed by atoms with Gasteiger partial charge >= 0.3 is 0 Å². The highest BCUT2D eigenvalue weighted by atomic mass is 19.1. The average Bonchev–Trinajstić information content (AvgIpc) is 3.29. The minimum Gasteiger partial charge on any atom is -0.354 e. The Morgan fingerprint density at radius 1 is 1.12 bits per heavy atom. The second-order valence-electron chi connectivity index (χ2n) is 7.91. The standard InChI is InChI=1S/C24H24FN5O2.3H2/c1-14(2)30-13-18(8-9-23(30)31)21-12-27-15(3)24(28-21)22-10-20(29-32-22)17-6-4-16(5-7-17)19(26)11-25;;;/h4-10,12-14,19H,11,26H2,1-3H3;3*1H. The van der Waals surface area contributed by atoms with Crippen LogP contribution in [0, 0.1) is 6.92 Å². The number of hydrogen-bond donors (Lipinski definition) is 1. The third kappa shape index (κ3) is 4.22. The minimum absolute atomic E-state index is 0. The van der Waals surface area contributed by atoms with Crippen molar-refractivity contribution in [3.05, 3.63) is 76.5 Å². The van der Waals surface area contributed by atoms with Gasteiger partial charge in [-0.15, -0.1) is 0 Å². The van der Waals surface area contributed by atoms with Crippen LogP contribution in [0.15, 0.2) is 64.2 Å². The van der Waals surface area contributed by atoms with Crippen molar-refractivity contribution in [2.75, 3.05) is 6.67 Å². The zero-order valence-corrected chi connectivity index (χ0v) is 18.1. The molecule has 0 aliphatic heterocycles. The van der Waals surface area contributed by atoms with E-state index in [4.69, 9.17) is 15.2 Å². The first-order valence-corrected chi connectivity index (χ1v) is 10.3. The van der Waals surface area contributed by atoms with Crippen molar-refractivity contribution in [2.45, 2.75) is 32.9 Å². The van der Waals surface area contributed by atoms with Crippen LogP contribution in [-0.4, -0.2) is 26.4 Å². The molecule has 0 fully saturated rings. The Balaban J connectivity index is 0.00000204. The highest BCUT2D eigenvalue weighted by Crippen LogP contribution is 2.29. The van der Waals surface area contributed by atoms with E-state index in [-0.39, 0.29) is 15.9 Å². The SMILES string of the molecule is Cc1ncc(-c2ccc(=O)n(C(C)C)c2)nc1-c1cc(-c2ccc(C(N)CF)cc2)no1.[HH].[HH].[HH]. The normalized spacial score (nSPS) is 12.3. The maximum absolute atomic E-state index is 12.8. The van der Waals surface area contributed by atoms with Crippen LogP contribution >= 0.6 is 0 Å². The van der Waals surface area contributed by atoms with Crippen LogP contribution in [0.2, 0.25) is 0 Å². The molecule has 0 aliphatic carbocycles. The molecule has 0 spiro atoms. The molecule has 1 aromatic carbocycles. The van der Waals surface area contributed by atoms with Gasteiger partial charge in [0, 0.05) is 39.8 Å². The van der Waals surface area contributed by atoms with Gasteiger partial charge in [-0.05, 0) is 32.4 Å². The summed E-state index contributed by atoms with van der Waals surface area (Å²) in [6, 6.07) is 11.7. The highest BCUT2D eigenvalue weighted by molar-refractivity contribution is 5.68. The Hall–Kier alpha value is -3.65. The third-order valence-electron chi connectivity index (χ3n) is 5.29. The number of halogens is 1. The molecule has 8 heteroatoms. The predicted octanol–water partition coefficient (Wildman–Crippen LogP) is 5.22. The summed E-state index contributed by atoms with van der Waals surface area (Å²) >= 11 is 0. The Bertz CT molecular complexity index is 1310. The fourth-order valence-corrected chi connectivity index (χ4v) is 3.39. The number of aromatic nitrogens is 4. The summed E-state index contributed by atoms with van der Waals surface area (Å²) in [6.45, 7) is 5.13. The van der Waals surface area contributed by atoms with Gasteiger partial charge in [-0.25, -0.2) is 9.37 Å². The fraction of sp³-hybridized carbons (Fsp3) is 0.250. The van der Waals surface area contributed by atoms with Crippen LogP contribution in [0.4, 0.5) is 4.39 Å². The molecule has 0 amide bonds. The van der Waals surface area contributed by atoms with Gasteiger partial charge in [-0.1, -0.05) is 29.4 Å². The first-order valence-electron chi connectivity index (χ1n) is 10.3. The second-order valence-corrected chi connectivity index (χ2v) is 7.91. The maximum atomic E-state index is 12.8. The van der Waals surface area contributed by atoms with Gasteiger partial charge in [0.15, 0.2) is 5.76 Å². The lowest BCUT2D eigenvalue weighted by Crippen LogP contribution is -2.20. The van der Waals surface area contributed by atoms with E-state index in [2.05, 4.69) is 10.1 Å². The molecule has 4 rings (SSSR count). The van der Waals surface area contributed by atoms with Crippen molar-refractivity contribution in [3.8, 4) is 34.0 Å². The molecule has 170 valence electrons. The summed E-state index contributed by atoms with van der Waals surface area (Å²) in [5.41, 5.74) is 10.5. The number of benzene rings is 1. The summed E-state index contributed by atoms with van der Waals surface area (Å²) in [6.07, 6.45) is 3.46. The molecule has 0 aliphatic rings. The Labute approximate surface area is 189 Å². The lowest BCUT2D eigenvalue weighted by atomic mass is 10.0. The van der Waals surface area contributed by atoms with Gasteiger partial charge in [0.25, 0.3) is 5.56 Å². The van der Waals surface area contributed by atoms with E-state index in [9.17, 15) is 9.18 Å². The van der Waals surface area contributed by atoms with Crippen molar-refractivity contribution in [1.29, 1.82) is 0 Å². The van der Waals surface area contributed by atoms with Crippen LogP contribution < -0.4 is 11.3 Å². The molecule has 0 radical (unpaired) electrons. The number of pyridine rings is 1. The summed E-state index contributed by atoms with van der Waals surface area (Å²) in [4.78, 5) is 21.3. The highest BCUT2D eigenvalue weighted by Gasteiger charge is 2.16. The quantitative estimate of drug-likeness (QED) is 0.442. The van der Waals surface area contributed by atoms with Gasteiger partial charge < -0.3 is 14.8 Å². The van der Waals surface area contributed by atoms with E-state index in [0.717, 1.165) is 16.7 Å². The van der Waals surface area contributed by atoms with Crippen LogP contribution in [0.1, 0.15) is 41.5 Å². The predicted molar refractivity (Wildman–Crippen MR) is 127 cm³/mol. The Kier molecular flexibility index (Phi) is 5.96. The molecule has 0 saturated heterocycles. The van der Waals surface area contributed by atoms with Crippen LogP contribution in [0.25, 0.3) is 34.0 Å². The monoisotopic (exact) mass is 439 g/mol. The van der Waals surface area contributed by atoms with Crippen LogP contribution in [0.5, 0.6) is 0 Å². The van der Waals surface area contributed by atoms with E-state index in [0.29, 0.717) is 28.5 Å². The van der Waals surface area contributed by atoms with Gasteiger partial charge in [0.2, 0.25) is 0 Å². The number of hydrogen-bond acceptors (Lipinski definition) is 6. The van der Waals surface area contributed by atoms with Crippen LogP contribution in [0.3, 0.4) is 0 Å². The molecule has 32 heavy (non-hydrogen) atoms. The number of aryl methyl sites for hydroxylation is 1. The van der Waals surface area contributed by atoms with Crippen molar-refractivity contribution < 1.29 is 13.2 Å². The topological polar surface area (TPSA) is 99.8 Å². The summed E-state index contributed by atoms with van der Waals surface area (Å²) in [7, 11) is 0. The first kappa shape index (κ1) is 21.6. The maximum Gasteiger partial charge on any atom is 0.250 e. The molecular weight excluding hydrogens is 409 g/mol. The molecule has 0 bridgehead atoms. The fourth-order valence-electron chi connectivity index (χ4n) is 3.39. The third-order valence-corrected chi connectivity index (χ3v) is 5.29. The molecule has 4 aromatic rings. The van der Waals surface area contributed by atoms with Crippen molar-refractivity contribution in [2.24, 2.45) is 5.73 Å². The van der Waals surface area contributed by atoms with Crippen LogP contribution in [-0.2, 0) is 0 Å². The van der Waals surface area contributed by atoms with Crippen molar-refractivity contribution in [1.82, 2.24) is 19.7 Å². The second kappa shape index (κ2) is 8.84. The molecule has 1 atom stereocenters. The molecule has 1 unspecified atom stereocenters. The zero-order chi connectivity index (χ0) is 22.8. The number of rotatable bonds is 6. The first-order chi connectivity index (χ1) is 15.4. The molecule has 3 aromatic heterocycles. The molecule has 3 heterocycles. The molecule has 0 saturated carbocycles. The molecule has 2 N–H and O–H groups in total. The Morgan fingerprint density at radius 3 is 2.53 bits per heavy atom. The number of nitrogens with zero attached hydrogens (tertiary/aromatic N) is 4. The summed E-state index contributed by atoms with van der Waals surface area (Å²) in [5.74, 6) is 0.480. The molecule has 7 nitrogen and oxygen atoms in total. The van der Waals surface area contributed by atoms with E-state index < -0.39 is 12.7 Å². The minimum atomic E-state index is -0.636. The smallest absolute Gasteiger partial charge is 0.250 e. The Morgan fingerprint density at radius 2 is 1.84 bits per heavy atom. The summed E-state index contributed by atoms with van der Waals surface area (Å²) in [5, 5.41) is 4.16. The van der Waals surface area contributed by atoms with E-state index >= 15 is 0 Å². The van der Waals surface area contributed by atoms with Crippen molar-refractivity contribution in [3.63, 3.8) is 0 Å². The van der Waals surface area contributed by atoms with Crippen molar-refractivity contribution >= 4 is 0 Å². The van der Waals surface area contributed by atoms with E-state index in [1.54, 1.807) is 41.2 Å². The molecular formula is C24H30FN5O2. The average molecular weight is 440 g/mol. The number of alkyl halides is 1. The van der Waals surface area contributed by atoms with Gasteiger partial charge in [-0.2, -0.15) is 0 Å². The van der Waals surface area contributed by atoms with E-state index in [1.165, 1.54) is 6.07 Å². The lowest BCUT2D eigenvalue weighted by Gasteiger charge is -2.11. The zero-order valence-electron chi connectivity index (χ0n) is 18.1. The van der Waals surface area contributed by atoms with Gasteiger partial charge in [0.05, 0.1) is 23.6 Å². The van der Waals surface area contributed by atoms with Gasteiger partial charge in [-0.3, -0.25) is 9.78 Å². The number of nitrogens with two attached hydrogens (primary N) is 1. The largest absolute Gasteiger partial charge is 0.354 e. The van der Waals surface area contributed by atoms with E-state index in [1.807, 2.05) is 32.9 Å². The van der Waals surface area contributed by atoms with Gasteiger partial charge in [0.1, 0.15) is 18.1 Å². The summed E-state index contributed by atoms with van der Waals surface area (Å²) < 4.78 is 20.0. The lowest BCUT2D eigenvalue weighted by molar-refractivity contribution is 0.433.